The van der Waals surface area contributed by atoms with Crippen LogP contribution in [0.5, 0.6) is 11.5 Å². The van der Waals surface area contributed by atoms with Gasteiger partial charge in [-0.25, -0.2) is 4.98 Å². The van der Waals surface area contributed by atoms with E-state index in [9.17, 15) is 0 Å². The number of hydrogen-bond acceptors (Lipinski definition) is 4. The summed E-state index contributed by atoms with van der Waals surface area (Å²) >= 11 is 5.09. The molecule has 5 heteroatoms. The van der Waals surface area contributed by atoms with Crippen LogP contribution in [0, 0.1) is 11.7 Å². The van der Waals surface area contributed by atoms with E-state index in [0.717, 1.165) is 17.0 Å². The molecule has 0 amide bonds. The quantitative estimate of drug-likeness (QED) is 0.863. The second-order valence-corrected chi connectivity index (χ2v) is 4.18. The van der Waals surface area contributed by atoms with Crippen molar-refractivity contribution in [3.8, 4) is 22.8 Å². The van der Waals surface area contributed by atoms with E-state index in [0.29, 0.717) is 16.3 Å². The standard InChI is InChI=1S/C13H14N2O2S/c1-8-7-10(15-13(18)14-8)9-5-4-6-11(16-2)12(9)17-3/h4-7H,1-3H3,(H,14,15,18). The van der Waals surface area contributed by atoms with Crippen molar-refractivity contribution in [2.75, 3.05) is 14.2 Å². The van der Waals surface area contributed by atoms with Crippen LogP contribution in [0.2, 0.25) is 0 Å². The zero-order valence-corrected chi connectivity index (χ0v) is 11.3. The molecule has 18 heavy (non-hydrogen) atoms. The summed E-state index contributed by atoms with van der Waals surface area (Å²) in [5, 5.41) is 0. The van der Waals surface area contributed by atoms with Crippen LogP contribution >= 0.6 is 12.2 Å². The Kier molecular flexibility index (Phi) is 3.62. The first kappa shape index (κ1) is 12.6. The van der Waals surface area contributed by atoms with Gasteiger partial charge in [-0.15, -0.1) is 0 Å². The summed E-state index contributed by atoms with van der Waals surface area (Å²) in [6.45, 7) is 1.94. The lowest BCUT2D eigenvalue weighted by molar-refractivity contribution is 0.356. The fraction of sp³-hybridized carbons (Fsp3) is 0.231. The van der Waals surface area contributed by atoms with Crippen LogP contribution < -0.4 is 9.47 Å². The van der Waals surface area contributed by atoms with Crippen molar-refractivity contribution in [1.82, 2.24) is 9.97 Å². The highest BCUT2D eigenvalue weighted by Crippen LogP contribution is 2.36. The minimum atomic E-state index is 0.454. The summed E-state index contributed by atoms with van der Waals surface area (Å²) in [5.74, 6) is 1.33. The molecule has 1 heterocycles. The van der Waals surface area contributed by atoms with Gasteiger partial charge in [0, 0.05) is 11.3 Å². The summed E-state index contributed by atoms with van der Waals surface area (Å²) in [4.78, 5) is 7.29. The molecule has 0 radical (unpaired) electrons. The van der Waals surface area contributed by atoms with Crippen molar-refractivity contribution in [3.05, 3.63) is 34.7 Å². The zero-order valence-electron chi connectivity index (χ0n) is 10.5. The summed E-state index contributed by atoms with van der Waals surface area (Å²) in [5.41, 5.74) is 2.59. The predicted molar refractivity (Wildman–Crippen MR) is 72.7 cm³/mol. The highest BCUT2D eigenvalue weighted by molar-refractivity contribution is 7.71. The first-order valence-corrected chi connectivity index (χ1v) is 5.86. The molecule has 94 valence electrons. The van der Waals surface area contributed by atoms with E-state index in [1.54, 1.807) is 14.2 Å². The zero-order chi connectivity index (χ0) is 13.1. The molecular weight excluding hydrogens is 248 g/mol. The lowest BCUT2D eigenvalue weighted by Crippen LogP contribution is -1.96. The highest BCUT2D eigenvalue weighted by atomic mass is 32.1. The first-order valence-electron chi connectivity index (χ1n) is 5.45. The van der Waals surface area contributed by atoms with Gasteiger partial charge in [-0.2, -0.15) is 0 Å². The fourth-order valence-electron chi connectivity index (χ4n) is 1.81. The molecule has 0 aliphatic heterocycles. The average Bonchev–Trinajstić information content (AvgIpc) is 2.36. The van der Waals surface area contributed by atoms with E-state index in [1.807, 2.05) is 31.2 Å². The van der Waals surface area contributed by atoms with Gasteiger partial charge < -0.3 is 14.5 Å². The van der Waals surface area contributed by atoms with Crippen LogP contribution in [0.15, 0.2) is 24.3 Å². The monoisotopic (exact) mass is 262 g/mol. The topological polar surface area (TPSA) is 47.1 Å². The minimum Gasteiger partial charge on any atom is -0.493 e. The largest absolute Gasteiger partial charge is 0.493 e. The summed E-state index contributed by atoms with van der Waals surface area (Å²) < 4.78 is 11.1. The van der Waals surface area contributed by atoms with Crippen LogP contribution in [0.3, 0.4) is 0 Å². The van der Waals surface area contributed by atoms with Gasteiger partial charge in [-0.3, -0.25) is 0 Å². The van der Waals surface area contributed by atoms with E-state index in [-0.39, 0.29) is 0 Å². The molecule has 0 spiro atoms. The third kappa shape index (κ3) is 2.36. The van der Waals surface area contributed by atoms with Crippen LogP contribution in [0.25, 0.3) is 11.3 Å². The first-order chi connectivity index (χ1) is 8.65. The Hall–Kier alpha value is -1.88. The molecule has 0 aliphatic carbocycles. The molecule has 0 saturated heterocycles. The number of para-hydroxylation sites is 1. The van der Waals surface area contributed by atoms with Crippen molar-refractivity contribution in [2.45, 2.75) is 6.92 Å². The van der Waals surface area contributed by atoms with Crippen molar-refractivity contribution >= 4 is 12.2 Å². The summed E-state index contributed by atoms with van der Waals surface area (Å²) in [6, 6.07) is 7.59. The number of methoxy groups -OCH3 is 2. The lowest BCUT2D eigenvalue weighted by atomic mass is 10.1. The third-order valence-electron chi connectivity index (χ3n) is 2.56. The molecule has 0 aliphatic rings. The molecule has 4 nitrogen and oxygen atoms in total. The number of nitrogens with one attached hydrogen (secondary N) is 1. The Morgan fingerprint density at radius 1 is 1.22 bits per heavy atom. The Balaban J connectivity index is 2.66. The van der Waals surface area contributed by atoms with Gasteiger partial charge in [0.25, 0.3) is 0 Å². The average molecular weight is 262 g/mol. The predicted octanol–water partition coefficient (Wildman–Crippen LogP) is 3.13. The van der Waals surface area contributed by atoms with Crippen molar-refractivity contribution in [3.63, 3.8) is 0 Å². The fourth-order valence-corrected chi connectivity index (χ4v) is 2.07. The molecule has 2 aromatic rings. The van der Waals surface area contributed by atoms with E-state index >= 15 is 0 Å². The molecule has 0 fully saturated rings. The molecule has 1 aromatic heterocycles. The highest BCUT2D eigenvalue weighted by Gasteiger charge is 2.12. The number of H-pyrrole nitrogens is 1. The van der Waals surface area contributed by atoms with E-state index < -0.39 is 0 Å². The number of aromatic nitrogens is 2. The van der Waals surface area contributed by atoms with Crippen LogP contribution in [-0.2, 0) is 0 Å². The second kappa shape index (κ2) is 5.18. The molecule has 0 atom stereocenters. The van der Waals surface area contributed by atoms with Crippen molar-refractivity contribution < 1.29 is 9.47 Å². The Morgan fingerprint density at radius 2 is 2.00 bits per heavy atom. The number of hydrogen-bond donors (Lipinski definition) is 1. The van der Waals surface area contributed by atoms with Gasteiger partial charge in [-0.1, -0.05) is 6.07 Å². The van der Waals surface area contributed by atoms with E-state index in [1.165, 1.54) is 0 Å². The van der Waals surface area contributed by atoms with Gasteiger partial charge in [0.15, 0.2) is 16.3 Å². The van der Waals surface area contributed by atoms with Crippen LogP contribution in [0.4, 0.5) is 0 Å². The SMILES string of the molecule is COc1cccc(-c2cc(C)[nH]c(=S)n2)c1OC. The minimum absolute atomic E-state index is 0.454. The molecular formula is C13H14N2O2S. The molecule has 1 N–H and O–H groups in total. The summed E-state index contributed by atoms with van der Waals surface area (Å²) in [7, 11) is 3.22. The van der Waals surface area contributed by atoms with Gasteiger partial charge in [0.2, 0.25) is 0 Å². The van der Waals surface area contributed by atoms with Crippen LogP contribution in [0.1, 0.15) is 5.69 Å². The second-order valence-electron chi connectivity index (χ2n) is 3.80. The maximum absolute atomic E-state index is 5.39. The molecule has 2 rings (SSSR count). The van der Waals surface area contributed by atoms with Crippen molar-refractivity contribution in [2.24, 2.45) is 0 Å². The molecule has 0 unspecified atom stereocenters. The molecule has 1 aromatic carbocycles. The smallest absolute Gasteiger partial charge is 0.197 e. The van der Waals surface area contributed by atoms with E-state index in [2.05, 4.69) is 9.97 Å². The molecule has 0 bridgehead atoms. The third-order valence-corrected chi connectivity index (χ3v) is 2.75. The van der Waals surface area contributed by atoms with E-state index in [4.69, 9.17) is 21.7 Å². The Morgan fingerprint density at radius 3 is 2.61 bits per heavy atom. The number of benzene rings is 1. The number of aryl methyl sites for hydroxylation is 1. The van der Waals surface area contributed by atoms with Gasteiger partial charge in [0.05, 0.1) is 19.9 Å². The maximum atomic E-state index is 5.39. The van der Waals surface area contributed by atoms with Gasteiger partial charge in [0.1, 0.15) is 0 Å². The normalized spacial score (nSPS) is 10.2. The number of aromatic amines is 1. The van der Waals surface area contributed by atoms with Gasteiger partial charge >= 0.3 is 0 Å². The number of rotatable bonds is 3. The Labute approximate surface area is 111 Å². The summed E-state index contributed by atoms with van der Waals surface area (Å²) in [6.07, 6.45) is 0. The van der Waals surface area contributed by atoms with Gasteiger partial charge in [-0.05, 0) is 37.3 Å². The maximum Gasteiger partial charge on any atom is 0.197 e. The number of nitrogens with zero attached hydrogens (tertiary/aromatic N) is 1. The molecule has 0 saturated carbocycles. The van der Waals surface area contributed by atoms with Crippen molar-refractivity contribution in [1.29, 1.82) is 0 Å². The Bertz CT molecular complexity index is 623. The van der Waals surface area contributed by atoms with Crippen LogP contribution in [-0.4, -0.2) is 24.2 Å². The lowest BCUT2D eigenvalue weighted by Gasteiger charge is -2.12. The number of ether oxygens (including phenoxy) is 2.